The van der Waals surface area contributed by atoms with E-state index >= 15 is 0 Å². The summed E-state index contributed by atoms with van der Waals surface area (Å²) in [6.07, 6.45) is 4.11. The Balaban J connectivity index is 1.63. The van der Waals surface area contributed by atoms with Gasteiger partial charge in [0, 0.05) is 10.3 Å². The second-order valence-electron chi connectivity index (χ2n) is 7.39. The number of alkyl halides is 2. The molecule has 2 unspecified atom stereocenters. The van der Waals surface area contributed by atoms with Gasteiger partial charge in [-0.25, -0.2) is 4.99 Å². The number of aromatic nitrogens is 1. The van der Waals surface area contributed by atoms with Crippen molar-refractivity contribution in [1.82, 2.24) is 10.3 Å². The molecule has 1 amide bonds. The molecule has 9 heteroatoms. The number of hydrogen-bond acceptors (Lipinski definition) is 5. The quantitative estimate of drug-likeness (QED) is 0.410. The molecule has 32 heavy (non-hydrogen) atoms. The Bertz CT molecular complexity index is 1170. The lowest BCUT2D eigenvalue weighted by Crippen LogP contribution is -2.41. The topological polar surface area (TPSA) is 89.6 Å². The number of halogens is 2. The highest BCUT2D eigenvalue weighted by Gasteiger charge is 2.31. The van der Waals surface area contributed by atoms with Crippen molar-refractivity contribution in [2.75, 3.05) is 0 Å². The minimum atomic E-state index is -3.02. The van der Waals surface area contributed by atoms with Crippen LogP contribution in [-0.2, 0) is 0 Å². The van der Waals surface area contributed by atoms with Gasteiger partial charge in [0.25, 0.3) is 5.91 Å². The summed E-state index contributed by atoms with van der Waals surface area (Å²) in [5.74, 6) is -0.677. The van der Waals surface area contributed by atoms with Crippen molar-refractivity contribution < 1.29 is 18.3 Å². The highest BCUT2D eigenvalue weighted by molar-refractivity contribution is 8.29. The van der Waals surface area contributed by atoms with Gasteiger partial charge in [-0.15, -0.1) is 11.1 Å². The average Bonchev–Trinajstić information content (AvgIpc) is 3.13. The first-order valence-electron chi connectivity index (χ1n) is 10.4. The van der Waals surface area contributed by atoms with Crippen LogP contribution in [0.5, 0.6) is 5.75 Å². The van der Waals surface area contributed by atoms with Gasteiger partial charge in [-0.1, -0.05) is 50.1 Å². The summed E-state index contributed by atoms with van der Waals surface area (Å²) >= 11 is -1.28. The molecule has 0 aliphatic carbocycles. The minimum Gasteiger partial charge on any atom is -0.434 e. The van der Waals surface area contributed by atoms with Crippen LogP contribution in [0.4, 0.5) is 14.5 Å². The molecule has 3 N–H and O–H groups in total. The van der Waals surface area contributed by atoms with Crippen molar-refractivity contribution in [2.45, 2.75) is 43.7 Å². The van der Waals surface area contributed by atoms with Gasteiger partial charge in [-0.05, 0) is 24.6 Å². The molecule has 4 rings (SSSR count). The number of hydrogen-bond donors (Lipinski definition) is 3. The van der Waals surface area contributed by atoms with E-state index in [1.807, 2.05) is 24.3 Å². The van der Waals surface area contributed by atoms with Gasteiger partial charge in [0.15, 0.2) is 0 Å². The molecule has 0 radical (unpaired) electrons. The standard InChI is InChI=1S/C23H24F2N4O2S/c1-2-3-10-17(28-21(30)15-9-5-7-12-19(15)31-23(24)25)22-29-18-13-27-16-11-6-4-8-14(16)20(18)32(22)26/h4-9,11-13,17,23,32H,2-3,10,26H2,1H3,(H,28,30). The average molecular weight is 459 g/mol. The number of aliphatic imine (C=N–C) groups is 1. The number of benzene rings is 2. The summed E-state index contributed by atoms with van der Waals surface area (Å²) in [6, 6.07) is 13.3. The lowest BCUT2D eigenvalue weighted by atomic mass is 10.1. The Morgan fingerprint density at radius 1 is 1.19 bits per heavy atom. The predicted molar refractivity (Wildman–Crippen MR) is 124 cm³/mol. The molecule has 0 bridgehead atoms. The third-order valence-electron chi connectivity index (χ3n) is 5.26. The molecule has 1 aliphatic rings. The Hall–Kier alpha value is -3.04. The first kappa shape index (κ1) is 22.2. The van der Waals surface area contributed by atoms with Crippen LogP contribution in [0.15, 0.2) is 64.6 Å². The van der Waals surface area contributed by atoms with Gasteiger partial charge < -0.3 is 10.1 Å². The minimum absolute atomic E-state index is 0.0406. The van der Waals surface area contributed by atoms with Gasteiger partial charge >= 0.3 is 6.61 Å². The van der Waals surface area contributed by atoms with Crippen LogP contribution < -0.4 is 15.2 Å². The molecule has 0 saturated heterocycles. The molecular weight excluding hydrogens is 434 g/mol. The number of pyridine rings is 1. The summed E-state index contributed by atoms with van der Waals surface area (Å²) in [6.45, 7) is -0.968. The van der Waals surface area contributed by atoms with Crippen LogP contribution in [0.25, 0.3) is 10.9 Å². The van der Waals surface area contributed by atoms with E-state index in [9.17, 15) is 13.6 Å². The summed E-state index contributed by atoms with van der Waals surface area (Å²) in [7, 11) is 0. The number of nitrogens with two attached hydrogens (primary N) is 1. The van der Waals surface area contributed by atoms with Crippen molar-refractivity contribution in [2.24, 2.45) is 10.1 Å². The molecule has 2 aromatic carbocycles. The van der Waals surface area contributed by atoms with E-state index in [1.165, 1.54) is 18.2 Å². The molecule has 0 spiro atoms. The van der Waals surface area contributed by atoms with Crippen LogP contribution >= 0.6 is 11.1 Å². The molecular formula is C23H24F2N4O2S. The molecule has 1 aliphatic heterocycles. The van der Waals surface area contributed by atoms with Crippen LogP contribution in [0.2, 0.25) is 0 Å². The Morgan fingerprint density at radius 3 is 2.72 bits per heavy atom. The first-order chi connectivity index (χ1) is 15.5. The number of carbonyl (C=O) groups excluding carboxylic acids is 1. The van der Waals surface area contributed by atoms with Gasteiger partial charge in [-0.3, -0.25) is 14.9 Å². The maximum atomic E-state index is 13.0. The third-order valence-corrected chi connectivity index (χ3v) is 7.12. The monoisotopic (exact) mass is 458 g/mol. The van der Waals surface area contributed by atoms with E-state index in [4.69, 9.17) is 10.1 Å². The molecule has 1 aromatic heterocycles. The Morgan fingerprint density at radius 2 is 1.94 bits per heavy atom. The highest BCUT2D eigenvalue weighted by atomic mass is 32.2. The van der Waals surface area contributed by atoms with E-state index in [0.29, 0.717) is 17.2 Å². The normalized spacial score (nSPS) is 17.2. The lowest BCUT2D eigenvalue weighted by Gasteiger charge is -2.24. The molecule has 3 aromatic rings. The number of thiol groups is 1. The van der Waals surface area contributed by atoms with Crippen LogP contribution in [-0.4, -0.2) is 28.6 Å². The number of para-hydroxylation sites is 2. The molecule has 168 valence electrons. The zero-order valence-corrected chi connectivity index (χ0v) is 18.4. The molecule has 2 atom stereocenters. The van der Waals surface area contributed by atoms with Crippen LogP contribution in [0, 0.1) is 0 Å². The fourth-order valence-corrected chi connectivity index (χ4v) is 5.53. The number of carbonyl (C=O) groups is 1. The van der Waals surface area contributed by atoms with Crippen molar-refractivity contribution in [3.8, 4) is 5.75 Å². The van der Waals surface area contributed by atoms with Crippen molar-refractivity contribution in [1.29, 1.82) is 0 Å². The van der Waals surface area contributed by atoms with Crippen LogP contribution in [0.3, 0.4) is 0 Å². The van der Waals surface area contributed by atoms with Gasteiger partial charge in [0.2, 0.25) is 0 Å². The fourth-order valence-electron chi connectivity index (χ4n) is 3.75. The maximum Gasteiger partial charge on any atom is 0.387 e. The summed E-state index contributed by atoms with van der Waals surface area (Å²) in [4.78, 5) is 23.2. The van der Waals surface area contributed by atoms with Crippen molar-refractivity contribution in [3.05, 3.63) is 60.3 Å². The smallest absolute Gasteiger partial charge is 0.387 e. The molecule has 6 nitrogen and oxygen atoms in total. The third kappa shape index (κ3) is 4.44. The number of unbranched alkanes of at least 4 members (excludes halogenated alkanes) is 1. The van der Waals surface area contributed by atoms with Crippen molar-refractivity contribution >= 4 is 38.6 Å². The Kier molecular flexibility index (Phi) is 6.66. The van der Waals surface area contributed by atoms with Crippen molar-refractivity contribution in [3.63, 3.8) is 0 Å². The zero-order chi connectivity index (χ0) is 22.7. The summed E-state index contributed by atoms with van der Waals surface area (Å²) in [5, 5.41) is 11.3. The number of rotatable bonds is 8. The number of nitrogens with zero attached hydrogens (tertiary/aromatic N) is 2. The molecule has 2 heterocycles. The highest BCUT2D eigenvalue weighted by Crippen LogP contribution is 2.49. The van der Waals surface area contributed by atoms with Gasteiger partial charge in [0.1, 0.15) is 5.75 Å². The molecule has 0 fully saturated rings. The SMILES string of the molecule is CCCCC(NC(=O)c1ccccc1OC(F)F)C1=Nc2cnc3ccccc3c2[SH]1N. The van der Waals surface area contributed by atoms with Gasteiger partial charge in [-0.2, -0.15) is 8.78 Å². The number of ether oxygens (including phenoxy) is 1. The first-order valence-corrected chi connectivity index (χ1v) is 11.8. The van der Waals surface area contributed by atoms with E-state index in [-0.39, 0.29) is 11.3 Å². The van der Waals surface area contributed by atoms with Gasteiger partial charge in [0.05, 0.1) is 34.0 Å². The maximum absolute atomic E-state index is 13.0. The second-order valence-corrected chi connectivity index (χ2v) is 9.04. The molecule has 0 saturated carbocycles. The largest absolute Gasteiger partial charge is 0.434 e. The van der Waals surface area contributed by atoms with E-state index < -0.39 is 29.6 Å². The fraction of sp³-hybridized carbons (Fsp3) is 0.261. The van der Waals surface area contributed by atoms with Crippen LogP contribution in [0.1, 0.15) is 36.5 Å². The number of fused-ring (bicyclic) bond motifs is 3. The van der Waals surface area contributed by atoms with E-state index in [0.717, 1.165) is 28.6 Å². The van der Waals surface area contributed by atoms with E-state index in [1.54, 1.807) is 12.3 Å². The lowest BCUT2D eigenvalue weighted by molar-refractivity contribution is -0.0501. The Labute approximate surface area is 187 Å². The summed E-state index contributed by atoms with van der Waals surface area (Å²) < 4.78 is 30.1. The van der Waals surface area contributed by atoms with E-state index in [2.05, 4.69) is 22.0 Å². The summed E-state index contributed by atoms with van der Waals surface area (Å²) in [5.41, 5.74) is 1.59. The zero-order valence-electron chi connectivity index (χ0n) is 17.5. The predicted octanol–water partition coefficient (Wildman–Crippen LogP) is 5.10. The second kappa shape index (κ2) is 9.62. The number of nitrogens with one attached hydrogen (secondary N) is 1. The number of amides is 1.